The number of benzene rings is 1. The summed E-state index contributed by atoms with van der Waals surface area (Å²) in [5, 5.41) is 10.0. The van der Waals surface area contributed by atoms with Gasteiger partial charge in [-0.05, 0) is 19.8 Å². The Morgan fingerprint density at radius 1 is 1.19 bits per heavy atom. The number of hydrogen-bond donors (Lipinski definition) is 1. The summed E-state index contributed by atoms with van der Waals surface area (Å²) in [6.07, 6.45) is 8.07. The maximum atomic E-state index is 10.0. The standard InChI is InChI=1S/C16H21NO.2ClH.Zr/c1-13(17-15-10-6-3-7-11-15)12-16(18)14-8-4-2-5-9-14;;;/h2,4-5,8-9,12,15,18H,3,6-7,10-11H2,1H3;2*1H;/q;;;+2/p-2/b16-12-,17-13?;;;. The Balaban J connectivity index is 0.000000677. The molecule has 1 aromatic carbocycles. The number of nitrogens with zero attached hydrogens (tertiary/aromatic N) is 1. The molecule has 1 aliphatic rings. The Morgan fingerprint density at radius 2 is 1.76 bits per heavy atom. The second kappa shape index (κ2) is 11.5. The molecule has 0 spiro atoms. The van der Waals surface area contributed by atoms with Crippen LogP contribution in [0.2, 0.25) is 0 Å². The van der Waals surface area contributed by atoms with Crippen LogP contribution in [0.15, 0.2) is 41.4 Å². The molecule has 0 aliphatic heterocycles. The zero-order valence-electron chi connectivity index (χ0n) is 12.2. The van der Waals surface area contributed by atoms with Gasteiger partial charge in [-0.2, -0.15) is 0 Å². The molecule has 114 valence electrons. The number of aliphatic hydroxyl groups is 1. The van der Waals surface area contributed by atoms with Crippen molar-refractivity contribution in [1.29, 1.82) is 0 Å². The molecule has 1 aromatic rings. The van der Waals surface area contributed by atoms with Crippen molar-refractivity contribution in [1.82, 2.24) is 0 Å². The van der Waals surface area contributed by atoms with Gasteiger partial charge in [-0.3, -0.25) is 4.99 Å². The van der Waals surface area contributed by atoms with Gasteiger partial charge < -0.3 is 5.11 Å². The van der Waals surface area contributed by atoms with Gasteiger partial charge in [-0.25, -0.2) is 0 Å². The summed E-state index contributed by atoms with van der Waals surface area (Å²) in [6.45, 7) is 1.97. The minimum atomic E-state index is -0.826. The van der Waals surface area contributed by atoms with E-state index in [1.807, 2.05) is 37.3 Å². The van der Waals surface area contributed by atoms with Gasteiger partial charge in [0.05, 0.1) is 6.04 Å². The molecule has 0 atom stereocenters. The minimum absolute atomic E-state index is 0.299. The van der Waals surface area contributed by atoms with E-state index in [1.165, 1.54) is 32.1 Å². The van der Waals surface area contributed by atoms with Crippen LogP contribution in [-0.4, -0.2) is 16.9 Å². The van der Waals surface area contributed by atoms with Crippen LogP contribution in [0.5, 0.6) is 0 Å². The Hall–Kier alpha value is -0.107. The van der Waals surface area contributed by atoms with Crippen LogP contribution in [0, 0.1) is 0 Å². The zero-order valence-corrected chi connectivity index (χ0v) is 16.2. The van der Waals surface area contributed by atoms with Crippen molar-refractivity contribution in [2.75, 3.05) is 0 Å². The van der Waals surface area contributed by atoms with Gasteiger partial charge in [-0.15, -0.1) is 0 Å². The van der Waals surface area contributed by atoms with Crippen LogP contribution >= 0.6 is 17.0 Å². The van der Waals surface area contributed by atoms with E-state index >= 15 is 0 Å². The predicted molar refractivity (Wildman–Crippen MR) is 88.7 cm³/mol. The van der Waals surface area contributed by atoms with E-state index < -0.39 is 20.8 Å². The summed E-state index contributed by atoms with van der Waals surface area (Å²) in [6, 6.07) is 10.1. The number of aliphatic imine (C=N–C) groups is 1. The molecule has 1 aliphatic carbocycles. The van der Waals surface area contributed by atoms with Crippen LogP contribution in [-0.2, 0) is 20.8 Å². The summed E-state index contributed by atoms with van der Waals surface area (Å²) in [5.41, 5.74) is 1.76. The molecule has 0 bridgehead atoms. The molecule has 5 heteroatoms. The molecular weight excluding hydrogens is 384 g/mol. The summed E-state index contributed by atoms with van der Waals surface area (Å²) in [4.78, 5) is 4.68. The van der Waals surface area contributed by atoms with Crippen LogP contribution < -0.4 is 0 Å². The van der Waals surface area contributed by atoms with Crippen molar-refractivity contribution in [3.63, 3.8) is 0 Å². The van der Waals surface area contributed by atoms with E-state index in [0.717, 1.165) is 11.3 Å². The third-order valence-corrected chi connectivity index (χ3v) is 3.38. The molecule has 2 nitrogen and oxygen atoms in total. The topological polar surface area (TPSA) is 32.6 Å². The van der Waals surface area contributed by atoms with Gasteiger partial charge in [0.2, 0.25) is 0 Å². The first-order valence-electron chi connectivity index (χ1n) is 7.14. The van der Waals surface area contributed by atoms with Crippen LogP contribution in [0.25, 0.3) is 5.76 Å². The first-order chi connectivity index (χ1) is 10.2. The molecule has 1 N–H and O–H groups in total. The predicted octanol–water partition coefficient (Wildman–Crippen LogP) is 5.76. The summed E-state index contributed by atoms with van der Waals surface area (Å²) >= 11 is -0.826. The van der Waals surface area contributed by atoms with E-state index in [4.69, 9.17) is 17.0 Å². The number of hydrogen-bond acceptors (Lipinski definition) is 2. The molecule has 21 heavy (non-hydrogen) atoms. The summed E-state index contributed by atoms with van der Waals surface area (Å²) in [5.74, 6) is 0.299. The van der Waals surface area contributed by atoms with Gasteiger partial charge in [0, 0.05) is 17.4 Å². The molecule has 2 rings (SSSR count). The number of rotatable bonds is 3. The molecule has 0 radical (unpaired) electrons. The molecule has 1 saturated carbocycles. The number of halogens is 2. The SMILES string of the molecule is CC(/C=C(\O)c1ccccc1)=NC1CCCCC1.[Cl][Zr][Cl]. The van der Waals surface area contributed by atoms with Gasteiger partial charge >= 0.3 is 37.9 Å². The van der Waals surface area contributed by atoms with Crippen molar-refractivity contribution in [3.05, 3.63) is 42.0 Å². The van der Waals surface area contributed by atoms with Gasteiger partial charge in [-0.1, -0.05) is 49.6 Å². The van der Waals surface area contributed by atoms with Gasteiger partial charge in [0.1, 0.15) is 5.76 Å². The monoisotopic (exact) mass is 403 g/mol. The Morgan fingerprint density at radius 3 is 2.33 bits per heavy atom. The molecule has 0 aromatic heterocycles. The van der Waals surface area contributed by atoms with E-state index in [9.17, 15) is 5.11 Å². The maximum absolute atomic E-state index is 10.0. The fraction of sp³-hybridized carbons (Fsp3) is 0.438. The van der Waals surface area contributed by atoms with E-state index in [0.29, 0.717) is 11.8 Å². The average Bonchev–Trinajstić information content (AvgIpc) is 2.50. The second-order valence-electron chi connectivity index (χ2n) is 5.03. The van der Waals surface area contributed by atoms with Crippen LogP contribution in [0.3, 0.4) is 0 Å². The molecule has 0 unspecified atom stereocenters. The van der Waals surface area contributed by atoms with Gasteiger partial charge in [0.15, 0.2) is 0 Å². The van der Waals surface area contributed by atoms with Crippen molar-refractivity contribution in [3.8, 4) is 0 Å². The molecule has 1 fully saturated rings. The Kier molecular flexibility index (Phi) is 10.3. The van der Waals surface area contributed by atoms with Crippen LogP contribution in [0.1, 0.15) is 44.6 Å². The summed E-state index contributed by atoms with van der Waals surface area (Å²) in [7, 11) is 9.87. The first-order valence-corrected chi connectivity index (χ1v) is 13.5. The number of aliphatic hydroxyl groups excluding tert-OH is 1. The zero-order chi connectivity index (χ0) is 15.5. The van der Waals surface area contributed by atoms with Crippen molar-refractivity contribution in [2.24, 2.45) is 4.99 Å². The van der Waals surface area contributed by atoms with Crippen molar-refractivity contribution >= 4 is 28.5 Å². The fourth-order valence-electron chi connectivity index (χ4n) is 2.43. The average molecular weight is 405 g/mol. The van der Waals surface area contributed by atoms with Gasteiger partial charge in [0.25, 0.3) is 0 Å². The van der Waals surface area contributed by atoms with E-state index in [2.05, 4.69) is 4.99 Å². The van der Waals surface area contributed by atoms with Crippen molar-refractivity contribution < 1.29 is 26.0 Å². The fourth-order valence-corrected chi connectivity index (χ4v) is 2.43. The quantitative estimate of drug-likeness (QED) is 0.504. The van der Waals surface area contributed by atoms with E-state index in [1.54, 1.807) is 6.08 Å². The molecule has 0 heterocycles. The molecular formula is C16H21Cl2NOZr. The Bertz CT molecular complexity index is 457. The second-order valence-corrected chi connectivity index (χ2v) is 8.76. The summed E-state index contributed by atoms with van der Waals surface area (Å²) < 4.78 is 0. The number of allylic oxidation sites excluding steroid dienone is 1. The Labute approximate surface area is 145 Å². The van der Waals surface area contributed by atoms with E-state index in [-0.39, 0.29) is 0 Å². The first kappa shape index (κ1) is 18.9. The normalized spacial score (nSPS) is 16.9. The molecule has 0 saturated heterocycles. The van der Waals surface area contributed by atoms with Crippen molar-refractivity contribution in [2.45, 2.75) is 45.1 Å². The molecule has 0 amide bonds. The third-order valence-electron chi connectivity index (χ3n) is 3.38. The third kappa shape index (κ3) is 8.19. The van der Waals surface area contributed by atoms with Crippen LogP contribution in [0.4, 0.5) is 0 Å².